The van der Waals surface area contributed by atoms with Gasteiger partial charge in [-0.25, -0.2) is 4.79 Å². The fraction of sp³-hybridized carbons (Fsp3) is 0.652. The van der Waals surface area contributed by atoms with Gasteiger partial charge in [0.25, 0.3) is 6.47 Å². The number of urea groups is 1. The van der Waals surface area contributed by atoms with E-state index < -0.39 is 0 Å². The molecule has 0 aliphatic carbocycles. The average molecular weight is 418 g/mol. The number of piperidine rings is 1. The van der Waals surface area contributed by atoms with E-state index in [4.69, 9.17) is 14.6 Å². The predicted octanol–water partition coefficient (Wildman–Crippen LogP) is 2.88. The molecule has 2 saturated heterocycles. The number of carboxylic acid groups (broad SMARTS) is 1. The van der Waals surface area contributed by atoms with E-state index >= 15 is 0 Å². The second-order valence-electron chi connectivity index (χ2n) is 8.32. The summed E-state index contributed by atoms with van der Waals surface area (Å²) in [7, 11) is 0. The summed E-state index contributed by atoms with van der Waals surface area (Å²) in [6.45, 7) is 5.31. The van der Waals surface area contributed by atoms with Crippen LogP contribution in [0.1, 0.15) is 49.7 Å². The molecule has 3 aliphatic heterocycles. The first-order valence-corrected chi connectivity index (χ1v) is 11.2. The van der Waals surface area contributed by atoms with E-state index in [1.54, 1.807) is 0 Å². The fourth-order valence-corrected chi connectivity index (χ4v) is 4.75. The van der Waals surface area contributed by atoms with Crippen LogP contribution in [0.25, 0.3) is 0 Å². The minimum atomic E-state index is -0.250. The molecule has 1 unspecified atom stereocenters. The molecule has 0 saturated carbocycles. The second-order valence-corrected chi connectivity index (χ2v) is 8.32. The van der Waals surface area contributed by atoms with Gasteiger partial charge in [0.1, 0.15) is 0 Å². The van der Waals surface area contributed by atoms with Crippen LogP contribution >= 0.6 is 0 Å². The highest BCUT2D eigenvalue weighted by molar-refractivity contribution is 5.74. The third-order valence-corrected chi connectivity index (χ3v) is 6.44. The fourth-order valence-electron chi connectivity index (χ4n) is 4.75. The number of nitrogens with one attached hydrogen (secondary N) is 1. The topological polar surface area (TPSA) is 82.1 Å². The lowest BCUT2D eigenvalue weighted by Gasteiger charge is -2.40. The minimum absolute atomic E-state index is 0.105. The van der Waals surface area contributed by atoms with Gasteiger partial charge < -0.3 is 20.1 Å². The summed E-state index contributed by atoms with van der Waals surface area (Å²) in [5, 5.41) is 9.99. The summed E-state index contributed by atoms with van der Waals surface area (Å²) in [6.07, 6.45) is 8.18. The van der Waals surface area contributed by atoms with Crippen molar-refractivity contribution in [3.05, 3.63) is 35.4 Å². The van der Waals surface area contributed by atoms with Crippen LogP contribution in [0.15, 0.2) is 24.3 Å². The zero-order chi connectivity index (χ0) is 21.2. The van der Waals surface area contributed by atoms with Gasteiger partial charge in [-0.1, -0.05) is 24.3 Å². The average Bonchev–Trinajstić information content (AvgIpc) is 2.80. The SMILES string of the molecule is O=C(NCCC1CCCCO1)N1CCC(N2CCc3ccccc3C2)CC1.O=CO. The van der Waals surface area contributed by atoms with Gasteiger partial charge in [-0.3, -0.25) is 9.69 Å². The van der Waals surface area contributed by atoms with Gasteiger partial charge in [0.2, 0.25) is 0 Å². The van der Waals surface area contributed by atoms with E-state index in [0.29, 0.717) is 12.1 Å². The molecule has 3 heterocycles. The Morgan fingerprint density at radius 3 is 2.57 bits per heavy atom. The molecule has 2 N–H and O–H groups in total. The molecule has 1 atom stereocenters. The lowest BCUT2D eigenvalue weighted by atomic mass is 9.95. The van der Waals surface area contributed by atoms with Crippen LogP contribution in [0.2, 0.25) is 0 Å². The number of nitrogens with zero attached hydrogens (tertiary/aromatic N) is 2. The van der Waals surface area contributed by atoms with E-state index in [0.717, 1.165) is 71.4 Å². The molecule has 2 amide bonds. The highest BCUT2D eigenvalue weighted by Crippen LogP contribution is 2.25. The maximum Gasteiger partial charge on any atom is 0.317 e. The molecular weight excluding hydrogens is 382 g/mol. The van der Waals surface area contributed by atoms with Gasteiger partial charge in [0.05, 0.1) is 6.10 Å². The lowest BCUT2D eigenvalue weighted by molar-refractivity contribution is -0.122. The maximum absolute atomic E-state index is 12.4. The van der Waals surface area contributed by atoms with Crippen molar-refractivity contribution in [3.8, 4) is 0 Å². The van der Waals surface area contributed by atoms with Crippen LogP contribution in [0.3, 0.4) is 0 Å². The number of ether oxygens (including phenoxy) is 1. The minimum Gasteiger partial charge on any atom is -0.483 e. The Labute approximate surface area is 179 Å². The normalized spacial score (nSPS) is 22.4. The van der Waals surface area contributed by atoms with Gasteiger partial charge in [0.15, 0.2) is 0 Å². The standard InChI is InChI=1S/C22H33N3O2.CH2O2/c26-22(23-12-8-21-7-3-4-16-27-21)24-14-10-20(11-15-24)25-13-9-18-5-1-2-6-19(18)17-25;2-1-3/h1-2,5-6,20-21H,3-4,7-17H2,(H,23,26);1H,(H,2,3). The van der Waals surface area contributed by atoms with Crippen molar-refractivity contribution in [1.29, 1.82) is 0 Å². The number of hydrogen-bond acceptors (Lipinski definition) is 4. The van der Waals surface area contributed by atoms with Crippen molar-refractivity contribution in [2.75, 3.05) is 32.8 Å². The van der Waals surface area contributed by atoms with E-state index in [1.165, 1.54) is 24.0 Å². The number of carbonyl (C=O) groups is 2. The molecule has 0 radical (unpaired) electrons. The van der Waals surface area contributed by atoms with Gasteiger partial charge in [-0.05, 0) is 56.1 Å². The molecule has 1 aromatic carbocycles. The Hall–Kier alpha value is -2.12. The third kappa shape index (κ3) is 6.44. The molecule has 7 nitrogen and oxygen atoms in total. The maximum atomic E-state index is 12.4. The molecule has 0 aromatic heterocycles. The molecule has 4 rings (SSSR count). The van der Waals surface area contributed by atoms with Crippen molar-refractivity contribution < 1.29 is 19.4 Å². The number of amides is 2. The number of rotatable bonds is 4. The van der Waals surface area contributed by atoms with E-state index in [2.05, 4.69) is 34.5 Å². The number of benzene rings is 1. The molecule has 166 valence electrons. The summed E-state index contributed by atoms with van der Waals surface area (Å²) >= 11 is 0. The van der Waals surface area contributed by atoms with Crippen LogP contribution in [0.4, 0.5) is 4.79 Å². The van der Waals surface area contributed by atoms with E-state index in [-0.39, 0.29) is 12.5 Å². The van der Waals surface area contributed by atoms with Crippen molar-refractivity contribution in [1.82, 2.24) is 15.1 Å². The Morgan fingerprint density at radius 2 is 1.87 bits per heavy atom. The monoisotopic (exact) mass is 417 g/mol. The Morgan fingerprint density at radius 1 is 1.13 bits per heavy atom. The molecule has 1 aromatic rings. The Bertz CT molecular complexity index is 670. The first-order chi connectivity index (χ1) is 14.7. The van der Waals surface area contributed by atoms with Crippen molar-refractivity contribution in [3.63, 3.8) is 0 Å². The van der Waals surface area contributed by atoms with Gasteiger partial charge >= 0.3 is 6.03 Å². The molecule has 0 bridgehead atoms. The number of hydrogen-bond donors (Lipinski definition) is 2. The highest BCUT2D eigenvalue weighted by Gasteiger charge is 2.28. The zero-order valence-corrected chi connectivity index (χ0v) is 17.8. The van der Waals surface area contributed by atoms with Gasteiger partial charge in [-0.2, -0.15) is 0 Å². The largest absolute Gasteiger partial charge is 0.483 e. The third-order valence-electron chi connectivity index (χ3n) is 6.44. The van der Waals surface area contributed by atoms with Crippen LogP contribution in [0, 0.1) is 0 Å². The summed E-state index contributed by atoms with van der Waals surface area (Å²) in [5.74, 6) is 0. The van der Waals surface area contributed by atoms with E-state index in [9.17, 15) is 4.79 Å². The summed E-state index contributed by atoms with van der Waals surface area (Å²) < 4.78 is 5.74. The Balaban J connectivity index is 0.000000806. The number of carbonyl (C=O) groups excluding carboxylic acids is 1. The van der Waals surface area contributed by atoms with Crippen molar-refractivity contribution >= 4 is 12.5 Å². The number of fused-ring (bicyclic) bond motifs is 1. The van der Waals surface area contributed by atoms with E-state index in [1.807, 2.05) is 4.90 Å². The van der Waals surface area contributed by atoms with Crippen LogP contribution in [-0.2, 0) is 22.5 Å². The van der Waals surface area contributed by atoms with Crippen molar-refractivity contribution in [2.45, 2.75) is 63.6 Å². The first-order valence-electron chi connectivity index (χ1n) is 11.2. The summed E-state index contributed by atoms with van der Waals surface area (Å²) in [4.78, 5) is 25.4. The number of likely N-dealkylation sites (tertiary alicyclic amines) is 1. The van der Waals surface area contributed by atoms with Gasteiger partial charge in [-0.15, -0.1) is 0 Å². The van der Waals surface area contributed by atoms with Gasteiger partial charge in [0, 0.05) is 45.4 Å². The quantitative estimate of drug-likeness (QED) is 0.736. The smallest absolute Gasteiger partial charge is 0.317 e. The predicted molar refractivity (Wildman–Crippen MR) is 115 cm³/mol. The molecular formula is C23H35N3O4. The molecule has 3 aliphatic rings. The summed E-state index contributed by atoms with van der Waals surface area (Å²) in [5.41, 5.74) is 2.99. The first kappa shape index (κ1) is 22.6. The molecule has 7 heteroatoms. The van der Waals surface area contributed by atoms with Crippen LogP contribution < -0.4 is 5.32 Å². The zero-order valence-electron chi connectivity index (χ0n) is 17.8. The molecule has 30 heavy (non-hydrogen) atoms. The molecule has 2 fully saturated rings. The highest BCUT2D eigenvalue weighted by atomic mass is 16.5. The summed E-state index contributed by atoms with van der Waals surface area (Å²) in [6, 6.07) is 9.53. The van der Waals surface area contributed by atoms with Crippen molar-refractivity contribution in [2.24, 2.45) is 0 Å². The Kier molecular flexibility index (Phi) is 8.96. The van der Waals surface area contributed by atoms with Crippen LogP contribution in [0.5, 0.6) is 0 Å². The lowest BCUT2D eigenvalue weighted by Crippen LogP contribution is -2.50. The van der Waals surface area contributed by atoms with Crippen LogP contribution in [-0.4, -0.2) is 72.3 Å². The molecule has 0 spiro atoms. The second kappa shape index (κ2) is 11.9.